The number of amides is 2. The van der Waals surface area contributed by atoms with Crippen molar-refractivity contribution in [3.8, 4) is 0 Å². The number of piperidine rings is 1. The second kappa shape index (κ2) is 6.95. The normalized spacial score (nSPS) is 24.2. The van der Waals surface area contributed by atoms with Crippen molar-refractivity contribution in [3.63, 3.8) is 0 Å². The van der Waals surface area contributed by atoms with Gasteiger partial charge in [-0.25, -0.2) is 4.98 Å². The maximum absolute atomic E-state index is 13.3. The number of benzene rings is 1. The number of fused-ring (bicyclic) bond motifs is 2. The van der Waals surface area contributed by atoms with E-state index in [9.17, 15) is 9.59 Å². The Labute approximate surface area is 174 Å². The van der Waals surface area contributed by atoms with Crippen LogP contribution in [0.1, 0.15) is 28.2 Å². The largest absolute Gasteiger partial charge is 0.364 e. The number of likely N-dealkylation sites (N-methyl/N-ethyl adjacent to an activating group) is 1. The van der Waals surface area contributed by atoms with Crippen molar-refractivity contribution in [1.29, 1.82) is 0 Å². The summed E-state index contributed by atoms with van der Waals surface area (Å²) in [6.45, 7) is 2.96. The Hall–Kier alpha value is -3.19. The summed E-state index contributed by atoms with van der Waals surface area (Å²) in [5, 5.41) is 0. The van der Waals surface area contributed by atoms with E-state index in [-0.39, 0.29) is 24.5 Å². The van der Waals surface area contributed by atoms with Crippen molar-refractivity contribution in [3.05, 3.63) is 71.7 Å². The van der Waals surface area contributed by atoms with Crippen LogP contribution in [0.5, 0.6) is 0 Å². The van der Waals surface area contributed by atoms with E-state index < -0.39 is 5.54 Å². The minimum Gasteiger partial charge on any atom is -0.364 e. The standard InChI is InChI=1S/C23H24N4O3/c1-16-7-6-10-20-24-18(13-27(16)20)22(29)26-12-11-23(17-8-4-3-5-9-17)19(14-26)30-15-21(28)25(23)2/h3-10,13,19H,11-12,14-15H2,1-2H3/t19-,23+/m1/s1. The molecule has 30 heavy (non-hydrogen) atoms. The minimum absolute atomic E-state index is 0.0331. The molecule has 0 bridgehead atoms. The summed E-state index contributed by atoms with van der Waals surface area (Å²) < 4.78 is 7.93. The van der Waals surface area contributed by atoms with E-state index in [1.54, 1.807) is 11.1 Å². The zero-order chi connectivity index (χ0) is 20.9. The molecule has 2 atom stereocenters. The molecule has 5 rings (SSSR count). The maximum Gasteiger partial charge on any atom is 0.274 e. The fraction of sp³-hybridized carbons (Fsp3) is 0.348. The number of ether oxygens (including phenoxy) is 1. The van der Waals surface area contributed by atoms with Crippen molar-refractivity contribution in [2.75, 3.05) is 26.7 Å². The molecule has 3 aromatic rings. The van der Waals surface area contributed by atoms with E-state index in [4.69, 9.17) is 4.74 Å². The van der Waals surface area contributed by atoms with Gasteiger partial charge in [-0.15, -0.1) is 0 Å². The highest BCUT2D eigenvalue weighted by atomic mass is 16.5. The SMILES string of the molecule is Cc1cccc2nc(C(=O)N3CC[C@]4(c5ccccc5)[C@@H](C3)OCC(=O)N4C)cn12. The molecule has 2 aromatic heterocycles. The first-order valence-corrected chi connectivity index (χ1v) is 10.2. The monoisotopic (exact) mass is 404 g/mol. The summed E-state index contributed by atoms with van der Waals surface area (Å²) in [7, 11) is 1.84. The molecule has 2 fully saturated rings. The van der Waals surface area contributed by atoms with Crippen LogP contribution in [0.15, 0.2) is 54.7 Å². The molecule has 0 N–H and O–H groups in total. The van der Waals surface area contributed by atoms with Crippen LogP contribution in [0.25, 0.3) is 5.65 Å². The Balaban J connectivity index is 1.46. The molecule has 4 heterocycles. The Morgan fingerprint density at radius 2 is 1.97 bits per heavy atom. The number of aryl methyl sites for hydroxylation is 1. The number of carbonyl (C=O) groups excluding carboxylic acids is 2. The van der Waals surface area contributed by atoms with Crippen molar-refractivity contribution in [1.82, 2.24) is 19.2 Å². The van der Waals surface area contributed by atoms with E-state index in [1.807, 2.05) is 71.8 Å². The average molecular weight is 404 g/mol. The van der Waals surface area contributed by atoms with E-state index in [0.29, 0.717) is 25.2 Å². The molecule has 154 valence electrons. The third-order valence-electron chi connectivity index (χ3n) is 6.54. The molecule has 7 heteroatoms. The summed E-state index contributed by atoms with van der Waals surface area (Å²) in [5.74, 6) is -0.145. The summed E-state index contributed by atoms with van der Waals surface area (Å²) in [5.41, 5.74) is 2.69. The first kappa shape index (κ1) is 18.8. The molecule has 0 aliphatic carbocycles. The van der Waals surface area contributed by atoms with Gasteiger partial charge in [0.15, 0.2) is 0 Å². The van der Waals surface area contributed by atoms with E-state index in [0.717, 1.165) is 16.9 Å². The first-order chi connectivity index (χ1) is 14.5. The van der Waals surface area contributed by atoms with Crippen LogP contribution in [0.4, 0.5) is 0 Å². The second-order valence-corrected chi connectivity index (χ2v) is 8.07. The van der Waals surface area contributed by atoms with Gasteiger partial charge in [0.25, 0.3) is 5.91 Å². The Kier molecular flexibility index (Phi) is 4.36. The molecule has 7 nitrogen and oxygen atoms in total. The second-order valence-electron chi connectivity index (χ2n) is 8.07. The lowest BCUT2D eigenvalue weighted by molar-refractivity contribution is -0.180. The summed E-state index contributed by atoms with van der Waals surface area (Å²) in [4.78, 5) is 33.9. The molecule has 2 aliphatic heterocycles. The predicted molar refractivity (Wildman–Crippen MR) is 111 cm³/mol. The Bertz CT molecular complexity index is 1130. The quantitative estimate of drug-likeness (QED) is 0.657. The van der Waals surface area contributed by atoms with Gasteiger partial charge < -0.3 is 18.9 Å². The number of imidazole rings is 1. The van der Waals surface area contributed by atoms with E-state index in [1.165, 1.54) is 0 Å². The van der Waals surface area contributed by atoms with Crippen LogP contribution in [0, 0.1) is 6.92 Å². The Morgan fingerprint density at radius 1 is 1.17 bits per heavy atom. The summed E-state index contributed by atoms with van der Waals surface area (Å²) in [6, 6.07) is 15.8. The van der Waals surface area contributed by atoms with Gasteiger partial charge in [-0.3, -0.25) is 9.59 Å². The third-order valence-corrected chi connectivity index (χ3v) is 6.54. The number of rotatable bonds is 2. The minimum atomic E-state index is -0.567. The molecule has 0 unspecified atom stereocenters. The van der Waals surface area contributed by atoms with Gasteiger partial charge in [-0.2, -0.15) is 0 Å². The fourth-order valence-corrected chi connectivity index (χ4v) is 4.82. The Morgan fingerprint density at radius 3 is 2.73 bits per heavy atom. The van der Waals surface area contributed by atoms with Crippen molar-refractivity contribution in [2.45, 2.75) is 25.0 Å². The number of likely N-dealkylation sites (tertiary alicyclic amines) is 1. The predicted octanol–water partition coefficient (Wildman–Crippen LogP) is 2.24. The van der Waals surface area contributed by atoms with Crippen molar-refractivity contribution < 1.29 is 14.3 Å². The van der Waals surface area contributed by atoms with Crippen molar-refractivity contribution >= 4 is 17.5 Å². The third kappa shape index (κ3) is 2.73. The number of carbonyl (C=O) groups is 2. The highest BCUT2D eigenvalue weighted by Gasteiger charge is 2.53. The topological polar surface area (TPSA) is 67.2 Å². The number of aromatic nitrogens is 2. The lowest BCUT2D eigenvalue weighted by Gasteiger charge is -2.54. The molecule has 1 aromatic carbocycles. The zero-order valence-corrected chi connectivity index (χ0v) is 17.1. The smallest absolute Gasteiger partial charge is 0.274 e. The number of morpholine rings is 1. The van der Waals surface area contributed by atoms with Gasteiger partial charge >= 0.3 is 0 Å². The van der Waals surface area contributed by atoms with Gasteiger partial charge in [-0.1, -0.05) is 36.4 Å². The molecule has 0 saturated carbocycles. The molecule has 2 amide bonds. The molecule has 2 aliphatic rings. The van der Waals surface area contributed by atoms with Gasteiger partial charge in [-0.05, 0) is 31.0 Å². The van der Waals surface area contributed by atoms with E-state index in [2.05, 4.69) is 4.98 Å². The molecule has 0 radical (unpaired) electrons. The van der Waals surface area contributed by atoms with E-state index >= 15 is 0 Å². The van der Waals surface area contributed by atoms with Crippen LogP contribution in [-0.4, -0.2) is 63.8 Å². The molecular weight excluding hydrogens is 380 g/mol. The van der Waals surface area contributed by atoms with Crippen molar-refractivity contribution in [2.24, 2.45) is 0 Å². The summed E-state index contributed by atoms with van der Waals surface area (Å²) in [6.07, 6.45) is 2.12. The van der Waals surface area contributed by atoms with Gasteiger partial charge in [0.1, 0.15) is 24.1 Å². The fourth-order valence-electron chi connectivity index (χ4n) is 4.82. The molecule has 2 saturated heterocycles. The number of pyridine rings is 1. The lowest BCUT2D eigenvalue weighted by atomic mass is 9.76. The number of hydrogen-bond acceptors (Lipinski definition) is 4. The van der Waals surface area contributed by atoms with Gasteiger partial charge in [0.2, 0.25) is 5.91 Å². The zero-order valence-electron chi connectivity index (χ0n) is 17.1. The number of hydrogen-bond donors (Lipinski definition) is 0. The van der Waals surface area contributed by atoms with Gasteiger partial charge in [0.05, 0.1) is 5.54 Å². The summed E-state index contributed by atoms with van der Waals surface area (Å²) >= 11 is 0. The van der Waals surface area contributed by atoms with Crippen LogP contribution in [-0.2, 0) is 15.1 Å². The molecular formula is C23H24N4O3. The van der Waals surface area contributed by atoms with Crippen LogP contribution in [0.3, 0.4) is 0 Å². The maximum atomic E-state index is 13.3. The average Bonchev–Trinajstić information content (AvgIpc) is 3.22. The lowest BCUT2D eigenvalue weighted by Crippen LogP contribution is -2.67. The molecule has 0 spiro atoms. The van der Waals surface area contributed by atoms with Crippen LogP contribution >= 0.6 is 0 Å². The highest BCUT2D eigenvalue weighted by Crippen LogP contribution is 2.42. The van der Waals surface area contributed by atoms with Crippen LogP contribution in [0.2, 0.25) is 0 Å². The highest BCUT2D eigenvalue weighted by molar-refractivity contribution is 5.93. The van der Waals surface area contributed by atoms with Crippen LogP contribution < -0.4 is 0 Å². The van der Waals surface area contributed by atoms with Gasteiger partial charge in [0, 0.05) is 32.0 Å². The number of nitrogens with zero attached hydrogens (tertiary/aromatic N) is 4. The first-order valence-electron chi connectivity index (χ1n) is 10.2.